The fraction of sp³-hybridized carbons (Fsp3) is 0.348. The monoisotopic (exact) mass is 407 g/mol. The molecule has 1 N–H and O–H groups in total. The van der Waals surface area contributed by atoms with Crippen molar-refractivity contribution < 1.29 is 9.47 Å². The fourth-order valence-corrected chi connectivity index (χ4v) is 3.20. The second kappa shape index (κ2) is 9.43. The van der Waals surface area contributed by atoms with Crippen molar-refractivity contribution in [1.29, 1.82) is 0 Å². The minimum atomic E-state index is 0.544. The number of likely N-dealkylation sites (N-methyl/N-ethyl adjacent to an activating group) is 1. The van der Waals surface area contributed by atoms with Gasteiger partial charge in [0.1, 0.15) is 5.82 Å². The Kier molecular flexibility index (Phi) is 6.72. The van der Waals surface area contributed by atoms with Crippen molar-refractivity contribution >= 4 is 17.6 Å². The van der Waals surface area contributed by atoms with Crippen molar-refractivity contribution in [2.24, 2.45) is 0 Å². The largest absolute Gasteiger partial charge is 0.493 e. The zero-order chi connectivity index (χ0) is 21.7. The molecule has 1 aromatic heterocycles. The molecule has 3 rings (SSSR count). The van der Waals surface area contributed by atoms with Crippen LogP contribution >= 0.6 is 0 Å². The number of methoxy groups -OCH3 is 2. The minimum absolute atomic E-state index is 0.544. The van der Waals surface area contributed by atoms with Gasteiger partial charge >= 0.3 is 0 Å². The van der Waals surface area contributed by atoms with Crippen LogP contribution in [0.25, 0.3) is 0 Å². The van der Waals surface area contributed by atoms with Crippen LogP contribution in [0.5, 0.6) is 11.5 Å². The lowest BCUT2D eigenvalue weighted by molar-refractivity contribution is 0.354. The average molecular weight is 408 g/mol. The highest BCUT2D eigenvalue weighted by Crippen LogP contribution is 2.28. The third kappa shape index (κ3) is 5.17. The Bertz CT molecular complexity index is 1020. The molecule has 0 aliphatic heterocycles. The van der Waals surface area contributed by atoms with E-state index in [0.29, 0.717) is 17.7 Å². The first-order valence-electron chi connectivity index (χ1n) is 9.88. The number of benzene rings is 2. The molecule has 0 atom stereocenters. The Morgan fingerprint density at radius 3 is 2.37 bits per heavy atom. The van der Waals surface area contributed by atoms with Gasteiger partial charge in [-0.1, -0.05) is 23.8 Å². The van der Waals surface area contributed by atoms with E-state index in [9.17, 15) is 0 Å². The van der Waals surface area contributed by atoms with Crippen LogP contribution < -0.4 is 19.7 Å². The summed E-state index contributed by atoms with van der Waals surface area (Å²) in [6, 6.07) is 12.2. The number of ether oxygens (including phenoxy) is 2. The molecule has 158 valence electrons. The molecule has 0 amide bonds. The number of hydrogen-bond donors (Lipinski definition) is 1. The summed E-state index contributed by atoms with van der Waals surface area (Å²) in [5.74, 6) is 3.31. The summed E-state index contributed by atoms with van der Waals surface area (Å²) in [5.41, 5.74) is 4.51. The standard InChI is InChI=1S/C23H29N5O2/c1-15-7-9-19(16(2)13-15)26-22-24-17(3)25-23(27-22)28(4)12-11-18-8-10-20(29-5)21(14-18)30-6/h7-10,13-14H,11-12H2,1-6H3,(H,24,25,26,27). The summed E-state index contributed by atoms with van der Waals surface area (Å²) in [4.78, 5) is 15.6. The Hall–Kier alpha value is -3.35. The van der Waals surface area contributed by atoms with Crippen LogP contribution in [-0.2, 0) is 6.42 Å². The van der Waals surface area contributed by atoms with Gasteiger partial charge in [0, 0.05) is 19.3 Å². The smallest absolute Gasteiger partial charge is 0.232 e. The molecule has 7 heteroatoms. The van der Waals surface area contributed by atoms with Crippen LogP contribution in [0.2, 0.25) is 0 Å². The average Bonchev–Trinajstić information content (AvgIpc) is 2.73. The molecule has 0 unspecified atom stereocenters. The van der Waals surface area contributed by atoms with E-state index in [1.54, 1.807) is 14.2 Å². The lowest BCUT2D eigenvalue weighted by atomic mass is 10.1. The number of aromatic nitrogens is 3. The van der Waals surface area contributed by atoms with Gasteiger partial charge in [0.25, 0.3) is 0 Å². The van der Waals surface area contributed by atoms with Gasteiger partial charge in [-0.3, -0.25) is 0 Å². The van der Waals surface area contributed by atoms with Crippen molar-refractivity contribution in [1.82, 2.24) is 15.0 Å². The summed E-state index contributed by atoms with van der Waals surface area (Å²) < 4.78 is 10.7. The van der Waals surface area contributed by atoms with E-state index in [4.69, 9.17) is 9.47 Å². The van der Waals surface area contributed by atoms with E-state index in [0.717, 1.165) is 41.3 Å². The molecule has 0 aliphatic carbocycles. The lowest BCUT2D eigenvalue weighted by Gasteiger charge is -2.19. The molecule has 7 nitrogen and oxygen atoms in total. The molecule has 3 aromatic rings. The van der Waals surface area contributed by atoms with Gasteiger partial charge in [0.15, 0.2) is 11.5 Å². The van der Waals surface area contributed by atoms with E-state index in [1.807, 2.05) is 43.1 Å². The Morgan fingerprint density at radius 2 is 1.67 bits per heavy atom. The molecule has 0 aliphatic rings. The Balaban J connectivity index is 1.72. The van der Waals surface area contributed by atoms with E-state index >= 15 is 0 Å². The third-order valence-corrected chi connectivity index (χ3v) is 4.89. The normalized spacial score (nSPS) is 10.6. The van der Waals surface area contributed by atoms with Crippen LogP contribution in [0.4, 0.5) is 17.6 Å². The molecule has 30 heavy (non-hydrogen) atoms. The SMILES string of the molecule is COc1ccc(CCN(C)c2nc(C)nc(Nc3ccc(C)cc3C)n2)cc1OC. The lowest BCUT2D eigenvalue weighted by Crippen LogP contribution is -2.23. The summed E-state index contributed by atoms with van der Waals surface area (Å²) in [6.07, 6.45) is 0.821. The molecule has 0 saturated heterocycles. The van der Waals surface area contributed by atoms with Crippen LogP contribution in [0, 0.1) is 20.8 Å². The van der Waals surface area contributed by atoms with E-state index in [1.165, 1.54) is 5.56 Å². The number of aryl methyl sites for hydroxylation is 3. The number of anilines is 3. The molecule has 1 heterocycles. The summed E-state index contributed by atoms with van der Waals surface area (Å²) in [6.45, 7) is 6.78. The Morgan fingerprint density at radius 1 is 0.900 bits per heavy atom. The second-order valence-electron chi connectivity index (χ2n) is 7.31. The number of nitrogens with zero attached hydrogens (tertiary/aromatic N) is 4. The van der Waals surface area contributed by atoms with Gasteiger partial charge in [-0.2, -0.15) is 15.0 Å². The summed E-state index contributed by atoms with van der Waals surface area (Å²) in [7, 11) is 5.26. The molecule has 0 fully saturated rings. The molecular weight excluding hydrogens is 378 g/mol. The highest BCUT2D eigenvalue weighted by Gasteiger charge is 2.11. The minimum Gasteiger partial charge on any atom is -0.493 e. The molecule has 2 aromatic carbocycles. The maximum Gasteiger partial charge on any atom is 0.232 e. The fourth-order valence-electron chi connectivity index (χ4n) is 3.20. The number of rotatable bonds is 8. The van der Waals surface area contributed by atoms with Gasteiger partial charge in [-0.25, -0.2) is 0 Å². The molecular formula is C23H29N5O2. The first-order chi connectivity index (χ1) is 14.4. The quantitative estimate of drug-likeness (QED) is 0.599. The third-order valence-electron chi connectivity index (χ3n) is 4.89. The van der Waals surface area contributed by atoms with Crippen LogP contribution in [0.1, 0.15) is 22.5 Å². The highest BCUT2D eigenvalue weighted by atomic mass is 16.5. The number of nitrogens with one attached hydrogen (secondary N) is 1. The van der Waals surface area contributed by atoms with Crippen LogP contribution in [-0.4, -0.2) is 42.8 Å². The first kappa shape index (κ1) is 21.4. The Labute approximate surface area is 178 Å². The molecule has 0 radical (unpaired) electrons. The van der Waals surface area contributed by atoms with Crippen molar-refractivity contribution in [2.75, 3.05) is 38.0 Å². The van der Waals surface area contributed by atoms with E-state index in [-0.39, 0.29) is 0 Å². The molecule has 0 spiro atoms. The van der Waals surface area contributed by atoms with Crippen molar-refractivity contribution in [3.63, 3.8) is 0 Å². The zero-order valence-corrected chi connectivity index (χ0v) is 18.5. The second-order valence-corrected chi connectivity index (χ2v) is 7.31. The first-order valence-corrected chi connectivity index (χ1v) is 9.88. The van der Waals surface area contributed by atoms with Gasteiger partial charge in [0.2, 0.25) is 11.9 Å². The van der Waals surface area contributed by atoms with Crippen LogP contribution in [0.3, 0.4) is 0 Å². The molecule has 0 saturated carbocycles. The van der Waals surface area contributed by atoms with Gasteiger partial charge in [-0.05, 0) is 56.5 Å². The predicted octanol–water partition coefficient (Wildman–Crippen LogP) is 4.24. The maximum absolute atomic E-state index is 5.39. The summed E-state index contributed by atoms with van der Waals surface area (Å²) >= 11 is 0. The van der Waals surface area contributed by atoms with E-state index in [2.05, 4.69) is 46.2 Å². The van der Waals surface area contributed by atoms with Gasteiger partial charge in [0.05, 0.1) is 14.2 Å². The maximum atomic E-state index is 5.39. The van der Waals surface area contributed by atoms with Crippen molar-refractivity contribution in [2.45, 2.75) is 27.2 Å². The van der Waals surface area contributed by atoms with Crippen molar-refractivity contribution in [3.8, 4) is 11.5 Å². The topological polar surface area (TPSA) is 72.4 Å². The van der Waals surface area contributed by atoms with E-state index < -0.39 is 0 Å². The zero-order valence-electron chi connectivity index (χ0n) is 18.5. The number of hydrogen-bond acceptors (Lipinski definition) is 7. The summed E-state index contributed by atoms with van der Waals surface area (Å²) in [5, 5.41) is 3.32. The predicted molar refractivity (Wildman–Crippen MR) is 120 cm³/mol. The van der Waals surface area contributed by atoms with Crippen molar-refractivity contribution in [3.05, 3.63) is 58.9 Å². The van der Waals surface area contributed by atoms with Gasteiger partial charge in [-0.15, -0.1) is 0 Å². The van der Waals surface area contributed by atoms with Crippen LogP contribution in [0.15, 0.2) is 36.4 Å². The molecule has 0 bridgehead atoms. The highest BCUT2D eigenvalue weighted by molar-refractivity contribution is 5.59. The van der Waals surface area contributed by atoms with Gasteiger partial charge < -0.3 is 19.7 Å².